The van der Waals surface area contributed by atoms with Crippen molar-refractivity contribution < 1.29 is 4.42 Å². The molecule has 0 fully saturated rings. The Morgan fingerprint density at radius 3 is 1.61 bits per heavy atom. The van der Waals surface area contributed by atoms with Crippen molar-refractivity contribution in [3.63, 3.8) is 0 Å². The van der Waals surface area contributed by atoms with E-state index in [1.54, 1.807) is 0 Å². The van der Waals surface area contributed by atoms with Crippen LogP contribution in [0.4, 0.5) is 0 Å². The first kappa shape index (κ1) is 25.6. The lowest BCUT2D eigenvalue weighted by Gasteiger charge is -2.07. The van der Waals surface area contributed by atoms with Crippen molar-refractivity contribution in [2.75, 3.05) is 0 Å². The molecular formula is C40H25N3O. The van der Waals surface area contributed by atoms with Gasteiger partial charge in [-0.05, 0) is 76.9 Å². The van der Waals surface area contributed by atoms with Crippen LogP contribution in [0.3, 0.4) is 0 Å². The molecule has 0 radical (unpaired) electrons. The fraction of sp³-hybridized carbons (Fsp3) is 0.0500. The quantitative estimate of drug-likeness (QED) is 0.210. The van der Waals surface area contributed by atoms with Crippen LogP contribution in [0.15, 0.2) is 120 Å². The molecule has 0 spiro atoms. The zero-order valence-corrected chi connectivity index (χ0v) is 24.2. The summed E-state index contributed by atoms with van der Waals surface area (Å²) in [5.74, 6) is 0. The Hall–Kier alpha value is -6.10. The van der Waals surface area contributed by atoms with Crippen molar-refractivity contribution in [3.05, 3.63) is 126 Å². The van der Waals surface area contributed by atoms with E-state index in [2.05, 4.69) is 77.2 Å². The molecule has 3 aromatic heterocycles. The molecular weight excluding hydrogens is 538 g/mol. The number of benzene rings is 6. The zero-order chi connectivity index (χ0) is 29.9. The van der Waals surface area contributed by atoms with E-state index in [1.165, 1.54) is 0 Å². The number of rotatable bonds is 2. The van der Waals surface area contributed by atoms with Gasteiger partial charge in [0.25, 0.3) is 0 Å². The van der Waals surface area contributed by atoms with Crippen molar-refractivity contribution in [1.29, 1.82) is 10.5 Å². The predicted octanol–water partition coefficient (Wildman–Crippen LogP) is 10.8. The van der Waals surface area contributed by atoms with Crippen molar-refractivity contribution in [2.45, 2.75) is 13.8 Å². The molecule has 0 amide bonds. The van der Waals surface area contributed by atoms with Gasteiger partial charge in [0.05, 0.1) is 39.8 Å². The second kappa shape index (κ2) is 9.73. The molecule has 44 heavy (non-hydrogen) atoms. The molecule has 4 nitrogen and oxygen atoms in total. The monoisotopic (exact) mass is 563 g/mol. The van der Waals surface area contributed by atoms with Crippen LogP contribution in [0.1, 0.15) is 25.0 Å². The Labute approximate surface area is 253 Å². The van der Waals surface area contributed by atoms with E-state index >= 15 is 0 Å². The number of aromatic nitrogens is 1. The van der Waals surface area contributed by atoms with Crippen LogP contribution < -0.4 is 0 Å². The standard InChI is InChI=1S/C38H19N3O.C2H6/c39-20-22-5-12-28-32-17-27(18-33-29-13-6-23(21-40)16-35(29)41(38(32)33)34(28)15-22)25-9-7-24(8-10-25)26-11-14-31-30-3-1-2-4-36(30)42-37(31)19-26;1-2/h1-19H;1-2H3. The lowest BCUT2D eigenvalue weighted by molar-refractivity contribution is 0.669. The summed E-state index contributed by atoms with van der Waals surface area (Å²) in [6.45, 7) is 4.00. The number of nitriles is 2. The minimum atomic E-state index is 0.615. The first-order valence-electron chi connectivity index (χ1n) is 14.8. The number of furan rings is 1. The highest BCUT2D eigenvalue weighted by atomic mass is 16.3. The topological polar surface area (TPSA) is 65.1 Å². The molecule has 0 aliphatic rings. The largest absolute Gasteiger partial charge is 0.456 e. The third-order valence-corrected chi connectivity index (χ3v) is 8.58. The van der Waals surface area contributed by atoms with Gasteiger partial charge in [0.2, 0.25) is 0 Å². The molecule has 0 saturated carbocycles. The van der Waals surface area contributed by atoms with Crippen LogP contribution in [0, 0.1) is 22.7 Å². The van der Waals surface area contributed by atoms with E-state index in [9.17, 15) is 10.5 Å². The van der Waals surface area contributed by atoms with Crippen molar-refractivity contribution >= 4 is 60.0 Å². The van der Waals surface area contributed by atoms with Crippen LogP contribution in [0.2, 0.25) is 0 Å². The second-order valence-electron chi connectivity index (χ2n) is 10.8. The molecule has 0 bridgehead atoms. The van der Waals surface area contributed by atoms with Crippen molar-refractivity contribution in [1.82, 2.24) is 4.40 Å². The molecule has 0 saturated heterocycles. The maximum Gasteiger partial charge on any atom is 0.136 e. The van der Waals surface area contributed by atoms with E-state index in [1.807, 2.05) is 68.4 Å². The minimum absolute atomic E-state index is 0.615. The smallest absolute Gasteiger partial charge is 0.136 e. The van der Waals surface area contributed by atoms with E-state index in [4.69, 9.17) is 4.42 Å². The zero-order valence-electron chi connectivity index (χ0n) is 24.2. The summed E-state index contributed by atoms with van der Waals surface area (Å²) < 4.78 is 8.33. The Balaban J connectivity index is 0.00000142. The average Bonchev–Trinajstić information content (AvgIpc) is 3.74. The van der Waals surface area contributed by atoms with E-state index in [0.29, 0.717) is 11.1 Å². The van der Waals surface area contributed by atoms with Gasteiger partial charge in [-0.2, -0.15) is 10.5 Å². The normalized spacial score (nSPS) is 11.4. The van der Waals surface area contributed by atoms with Crippen molar-refractivity contribution in [2.24, 2.45) is 0 Å². The number of hydrogen-bond donors (Lipinski definition) is 0. The number of para-hydroxylation sites is 1. The van der Waals surface area contributed by atoms with Crippen LogP contribution in [0.25, 0.3) is 82.3 Å². The van der Waals surface area contributed by atoms with Gasteiger partial charge in [-0.1, -0.05) is 74.5 Å². The summed E-state index contributed by atoms with van der Waals surface area (Å²) in [6.07, 6.45) is 0. The molecule has 4 heteroatoms. The summed E-state index contributed by atoms with van der Waals surface area (Å²) in [5.41, 5.74) is 10.6. The summed E-state index contributed by atoms with van der Waals surface area (Å²) >= 11 is 0. The Kier molecular flexibility index (Phi) is 5.66. The fourth-order valence-corrected chi connectivity index (χ4v) is 6.61. The lowest BCUT2D eigenvalue weighted by atomic mass is 9.96. The second-order valence-corrected chi connectivity index (χ2v) is 10.8. The van der Waals surface area contributed by atoms with Gasteiger partial charge >= 0.3 is 0 Å². The number of nitrogens with zero attached hydrogens (tertiary/aromatic N) is 3. The molecule has 9 rings (SSSR count). The third kappa shape index (κ3) is 3.62. The van der Waals surface area contributed by atoms with E-state index < -0.39 is 0 Å². The summed E-state index contributed by atoms with van der Waals surface area (Å²) in [5, 5.41) is 25.9. The summed E-state index contributed by atoms with van der Waals surface area (Å²) in [6, 6.07) is 44.0. The first-order chi connectivity index (χ1) is 21.7. The van der Waals surface area contributed by atoms with Crippen LogP contribution in [0.5, 0.6) is 0 Å². The van der Waals surface area contributed by atoms with Gasteiger partial charge < -0.3 is 8.82 Å². The minimum Gasteiger partial charge on any atom is -0.456 e. The summed E-state index contributed by atoms with van der Waals surface area (Å²) in [4.78, 5) is 0. The number of hydrogen-bond acceptors (Lipinski definition) is 3. The molecule has 0 aliphatic heterocycles. The molecule has 3 heterocycles. The van der Waals surface area contributed by atoms with E-state index in [-0.39, 0.29) is 0 Å². The van der Waals surface area contributed by atoms with Gasteiger partial charge in [-0.25, -0.2) is 0 Å². The third-order valence-electron chi connectivity index (χ3n) is 8.58. The van der Waals surface area contributed by atoms with Crippen LogP contribution >= 0.6 is 0 Å². The van der Waals surface area contributed by atoms with Gasteiger partial charge in [0.15, 0.2) is 0 Å². The Morgan fingerprint density at radius 2 is 1.00 bits per heavy atom. The average molecular weight is 564 g/mol. The fourth-order valence-electron chi connectivity index (χ4n) is 6.61. The first-order valence-corrected chi connectivity index (χ1v) is 14.8. The van der Waals surface area contributed by atoms with Gasteiger partial charge in [0.1, 0.15) is 11.2 Å². The molecule has 9 aromatic rings. The maximum absolute atomic E-state index is 9.60. The predicted molar refractivity (Wildman–Crippen MR) is 180 cm³/mol. The Morgan fingerprint density at radius 1 is 0.477 bits per heavy atom. The Bertz CT molecular complexity index is 2540. The highest BCUT2D eigenvalue weighted by molar-refractivity contribution is 6.24. The highest BCUT2D eigenvalue weighted by Crippen LogP contribution is 2.42. The van der Waals surface area contributed by atoms with Crippen molar-refractivity contribution in [3.8, 4) is 34.4 Å². The molecule has 6 aromatic carbocycles. The molecule has 0 aliphatic carbocycles. The molecule has 0 N–H and O–H groups in total. The van der Waals surface area contributed by atoms with Gasteiger partial charge in [-0.15, -0.1) is 0 Å². The maximum atomic E-state index is 9.60. The highest BCUT2D eigenvalue weighted by Gasteiger charge is 2.19. The molecule has 0 unspecified atom stereocenters. The molecule has 206 valence electrons. The van der Waals surface area contributed by atoms with Gasteiger partial charge in [-0.3, -0.25) is 0 Å². The lowest BCUT2D eigenvalue weighted by Crippen LogP contribution is -1.83. The number of fused-ring (bicyclic) bond motifs is 9. The molecule has 0 atom stereocenters. The SMILES string of the molecule is CC.N#Cc1ccc2c3cc(-c4ccc(-c5ccc6c(c5)oc5ccccc56)cc4)cc4c5ccc(C#N)cc5n(c2c1)c34. The van der Waals surface area contributed by atoms with E-state index in [0.717, 1.165) is 82.3 Å². The van der Waals surface area contributed by atoms with Crippen LogP contribution in [-0.2, 0) is 0 Å². The van der Waals surface area contributed by atoms with Gasteiger partial charge in [0, 0.05) is 32.3 Å². The summed E-state index contributed by atoms with van der Waals surface area (Å²) in [7, 11) is 0. The van der Waals surface area contributed by atoms with Crippen LogP contribution in [-0.4, -0.2) is 4.40 Å².